The minimum absolute atomic E-state index is 0.268. The average Bonchev–Trinajstić information content (AvgIpc) is 2.76. The van der Waals surface area contributed by atoms with Gasteiger partial charge in [-0.15, -0.1) is 11.3 Å². The molecule has 1 heterocycles. The third-order valence-corrected chi connectivity index (χ3v) is 3.69. The van der Waals surface area contributed by atoms with E-state index in [-0.39, 0.29) is 5.78 Å². The van der Waals surface area contributed by atoms with Crippen molar-refractivity contribution in [3.05, 3.63) is 57.5 Å². The Morgan fingerprint density at radius 3 is 2.78 bits per heavy atom. The largest absolute Gasteiger partial charge is 0.291 e. The van der Waals surface area contributed by atoms with Gasteiger partial charge in [-0.3, -0.25) is 4.79 Å². The second-order valence-corrected chi connectivity index (χ2v) is 4.83. The lowest BCUT2D eigenvalue weighted by Crippen LogP contribution is -2.11. The van der Waals surface area contributed by atoms with Crippen LogP contribution in [0, 0.1) is 24.1 Å². The number of hydrogen-bond donors (Lipinski definition) is 0. The van der Waals surface area contributed by atoms with Gasteiger partial charge < -0.3 is 0 Å². The van der Waals surface area contributed by atoms with Gasteiger partial charge in [-0.1, -0.05) is 12.1 Å². The number of carbonyl (C=O) groups excluding carboxylic acids is 1. The third kappa shape index (κ3) is 2.31. The lowest BCUT2D eigenvalue weighted by atomic mass is 9.94. The van der Waals surface area contributed by atoms with Crippen molar-refractivity contribution in [2.45, 2.75) is 12.8 Å². The Hall–Kier alpha value is -1.99. The molecule has 4 heteroatoms. The van der Waals surface area contributed by atoms with Crippen molar-refractivity contribution in [2.75, 3.05) is 0 Å². The number of benzene rings is 1. The normalized spacial score (nSPS) is 11.8. The number of rotatable bonds is 3. The molecule has 1 aromatic heterocycles. The second-order valence-electron chi connectivity index (χ2n) is 3.91. The first-order valence-electron chi connectivity index (χ1n) is 5.37. The highest BCUT2D eigenvalue weighted by molar-refractivity contribution is 7.12. The Balaban J connectivity index is 2.39. The predicted octanol–water partition coefficient (Wildman–Crippen LogP) is 3.69. The summed E-state index contributed by atoms with van der Waals surface area (Å²) >= 11 is 1.31. The number of aryl methyl sites for hydroxylation is 1. The van der Waals surface area contributed by atoms with Gasteiger partial charge >= 0.3 is 0 Å². The van der Waals surface area contributed by atoms with Gasteiger partial charge in [-0.2, -0.15) is 5.26 Å². The van der Waals surface area contributed by atoms with Crippen molar-refractivity contribution in [2.24, 2.45) is 0 Å². The summed E-state index contributed by atoms with van der Waals surface area (Å²) in [5, 5.41) is 10.9. The van der Waals surface area contributed by atoms with Crippen molar-refractivity contribution >= 4 is 17.1 Å². The van der Waals surface area contributed by atoms with E-state index in [2.05, 4.69) is 0 Å². The predicted molar refractivity (Wildman–Crippen MR) is 68.1 cm³/mol. The number of nitriles is 1. The SMILES string of the molecule is Cc1ccsc1C(=O)C(C#N)c1cccc(F)c1. The molecule has 1 atom stereocenters. The van der Waals surface area contributed by atoms with Crippen LogP contribution in [0.2, 0.25) is 0 Å². The molecule has 0 bridgehead atoms. The monoisotopic (exact) mass is 259 g/mol. The van der Waals surface area contributed by atoms with Gasteiger partial charge in [0.2, 0.25) is 0 Å². The molecule has 0 aliphatic heterocycles. The van der Waals surface area contributed by atoms with Crippen LogP contribution in [0.3, 0.4) is 0 Å². The fourth-order valence-electron chi connectivity index (χ4n) is 1.73. The highest BCUT2D eigenvalue weighted by Crippen LogP contribution is 2.26. The van der Waals surface area contributed by atoms with E-state index in [9.17, 15) is 9.18 Å². The Morgan fingerprint density at radius 2 is 2.22 bits per heavy atom. The molecule has 0 fully saturated rings. The Bertz CT molecular complexity index is 627. The van der Waals surface area contributed by atoms with Crippen LogP contribution in [0.25, 0.3) is 0 Å². The molecule has 0 N–H and O–H groups in total. The maximum Gasteiger partial charge on any atom is 0.194 e. The second kappa shape index (κ2) is 5.11. The van der Waals surface area contributed by atoms with E-state index in [4.69, 9.17) is 5.26 Å². The van der Waals surface area contributed by atoms with Crippen molar-refractivity contribution in [3.8, 4) is 6.07 Å². The number of nitrogens with zero attached hydrogens (tertiary/aromatic N) is 1. The Kier molecular flexibility index (Phi) is 3.54. The number of hydrogen-bond acceptors (Lipinski definition) is 3. The van der Waals surface area contributed by atoms with Gasteiger partial charge in [-0.25, -0.2) is 4.39 Å². The van der Waals surface area contributed by atoms with E-state index in [0.717, 1.165) is 5.56 Å². The highest BCUT2D eigenvalue weighted by atomic mass is 32.1. The standard InChI is InChI=1S/C14H10FNOS/c1-9-5-6-18-14(9)13(17)12(8-16)10-3-2-4-11(15)7-10/h2-7,12H,1H3. The maximum atomic E-state index is 13.1. The fourth-order valence-corrected chi connectivity index (χ4v) is 2.62. The zero-order valence-electron chi connectivity index (χ0n) is 9.68. The third-order valence-electron chi connectivity index (χ3n) is 2.66. The summed E-state index contributed by atoms with van der Waals surface area (Å²) in [5.74, 6) is -1.66. The lowest BCUT2D eigenvalue weighted by Gasteiger charge is -2.08. The van der Waals surface area contributed by atoms with E-state index < -0.39 is 11.7 Å². The van der Waals surface area contributed by atoms with Crippen LogP contribution in [-0.4, -0.2) is 5.78 Å². The number of ketones is 1. The van der Waals surface area contributed by atoms with Gasteiger partial charge in [0.15, 0.2) is 5.78 Å². The topological polar surface area (TPSA) is 40.9 Å². The zero-order valence-corrected chi connectivity index (χ0v) is 10.5. The molecule has 0 radical (unpaired) electrons. The van der Waals surface area contributed by atoms with Crippen LogP contribution in [-0.2, 0) is 0 Å². The molecule has 1 unspecified atom stereocenters. The summed E-state index contributed by atoms with van der Waals surface area (Å²) in [4.78, 5) is 12.8. The van der Waals surface area contributed by atoms with Gasteiger partial charge in [0, 0.05) is 0 Å². The first kappa shape index (κ1) is 12.5. The molecule has 0 spiro atoms. The summed E-state index contributed by atoms with van der Waals surface area (Å²) in [7, 11) is 0. The highest BCUT2D eigenvalue weighted by Gasteiger charge is 2.24. The molecule has 0 aliphatic carbocycles. The van der Waals surface area contributed by atoms with E-state index in [1.165, 1.54) is 29.5 Å². The molecule has 0 saturated heterocycles. The van der Waals surface area contributed by atoms with E-state index in [1.807, 2.05) is 24.4 Å². The molecule has 0 aliphatic rings. The minimum atomic E-state index is -0.946. The molecule has 0 saturated carbocycles. The molecular weight excluding hydrogens is 249 g/mol. The van der Waals surface area contributed by atoms with Gasteiger partial charge in [0.1, 0.15) is 11.7 Å². The summed E-state index contributed by atoms with van der Waals surface area (Å²) in [6, 6.07) is 9.40. The van der Waals surface area contributed by atoms with Crippen molar-refractivity contribution < 1.29 is 9.18 Å². The lowest BCUT2D eigenvalue weighted by molar-refractivity contribution is 0.0982. The zero-order chi connectivity index (χ0) is 13.1. The molecule has 2 aromatic rings. The Labute approximate surface area is 108 Å². The van der Waals surface area contributed by atoms with Crippen LogP contribution in [0.15, 0.2) is 35.7 Å². The summed E-state index contributed by atoms with van der Waals surface area (Å²) < 4.78 is 13.1. The summed E-state index contributed by atoms with van der Waals surface area (Å²) in [6.07, 6.45) is 0. The van der Waals surface area contributed by atoms with Crippen LogP contribution in [0.1, 0.15) is 26.7 Å². The van der Waals surface area contributed by atoms with E-state index in [1.54, 1.807) is 6.07 Å². The van der Waals surface area contributed by atoms with Crippen LogP contribution in [0.5, 0.6) is 0 Å². The van der Waals surface area contributed by atoms with Crippen molar-refractivity contribution in [1.82, 2.24) is 0 Å². The number of Topliss-reactive ketones (excluding diaryl/α,β-unsaturated/α-hetero) is 1. The summed E-state index contributed by atoms with van der Waals surface area (Å²) in [5.41, 5.74) is 1.25. The van der Waals surface area contributed by atoms with Crippen molar-refractivity contribution in [3.63, 3.8) is 0 Å². The Morgan fingerprint density at radius 1 is 1.44 bits per heavy atom. The first-order chi connectivity index (χ1) is 8.63. The number of halogens is 1. The number of thiophene rings is 1. The molecule has 1 aromatic carbocycles. The number of carbonyl (C=O) groups is 1. The molecule has 18 heavy (non-hydrogen) atoms. The molecule has 0 amide bonds. The van der Waals surface area contributed by atoms with Crippen LogP contribution in [0.4, 0.5) is 4.39 Å². The molecule has 2 nitrogen and oxygen atoms in total. The van der Waals surface area contributed by atoms with Gasteiger partial charge in [0.25, 0.3) is 0 Å². The molecule has 90 valence electrons. The van der Waals surface area contributed by atoms with Gasteiger partial charge in [-0.05, 0) is 41.6 Å². The van der Waals surface area contributed by atoms with Crippen LogP contribution < -0.4 is 0 Å². The molecular formula is C14H10FNOS. The minimum Gasteiger partial charge on any atom is -0.291 e. The van der Waals surface area contributed by atoms with Crippen LogP contribution >= 0.6 is 11.3 Å². The molecule has 2 rings (SSSR count). The maximum absolute atomic E-state index is 13.1. The van der Waals surface area contributed by atoms with E-state index in [0.29, 0.717) is 10.4 Å². The van der Waals surface area contributed by atoms with E-state index >= 15 is 0 Å². The fraction of sp³-hybridized carbons (Fsp3) is 0.143. The summed E-state index contributed by atoms with van der Waals surface area (Å²) in [6.45, 7) is 1.82. The smallest absolute Gasteiger partial charge is 0.194 e. The average molecular weight is 259 g/mol. The quantitative estimate of drug-likeness (QED) is 0.789. The van der Waals surface area contributed by atoms with Gasteiger partial charge in [0.05, 0.1) is 10.9 Å². The first-order valence-corrected chi connectivity index (χ1v) is 6.25. The van der Waals surface area contributed by atoms with Crippen molar-refractivity contribution in [1.29, 1.82) is 5.26 Å².